The maximum atomic E-state index is 6.38. The Balaban J connectivity index is 1.56. The molecule has 1 saturated heterocycles. The predicted octanol–water partition coefficient (Wildman–Crippen LogP) is 3.11. The first-order chi connectivity index (χ1) is 9.83. The standard InChI is InChI=1S/C15H25N3S2/c16-14(15-11-19-8-9-20-15)10-12-6-7-18(17-12)13-4-2-1-3-5-13/h6-7,13-15H,1-5,8-11,16H2. The third-order valence-electron chi connectivity index (χ3n) is 4.38. The fourth-order valence-electron chi connectivity index (χ4n) is 3.16. The minimum Gasteiger partial charge on any atom is -0.326 e. The van der Waals surface area contributed by atoms with Crippen molar-refractivity contribution in [1.82, 2.24) is 9.78 Å². The van der Waals surface area contributed by atoms with Crippen LogP contribution in [0.15, 0.2) is 12.3 Å². The molecule has 0 aromatic carbocycles. The Morgan fingerprint density at radius 1 is 1.30 bits per heavy atom. The van der Waals surface area contributed by atoms with Crippen molar-refractivity contribution >= 4 is 23.5 Å². The first-order valence-electron chi connectivity index (χ1n) is 7.82. The van der Waals surface area contributed by atoms with E-state index >= 15 is 0 Å². The number of hydrogen-bond donors (Lipinski definition) is 1. The zero-order valence-corrected chi connectivity index (χ0v) is 13.7. The first-order valence-corrected chi connectivity index (χ1v) is 10.0. The number of aromatic nitrogens is 2. The van der Waals surface area contributed by atoms with Crippen molar-refractivity contribution in [3.63, 3.8) is 0 Å². The summed E-state index contributed by atoms with van der Waals surface area (Å²) < 4.78 is 2.20. The Hall–Kier alpha value is -0.130. The Kier molecular flexibility index (Phi) is 5.35. The molecule has 1 saturated carbocycles. The van der Waals surface area contributed by atoms with E-state index in [4.69, 9.17) is 10.8 Å². The Bertz CT molecular complexity index is 409. The van der Waals surface area contributed by atoms with Gasteiger partial charge in [-0.2, -0.15) is 28.6 Å². The molecule has 3 rings (SSSR count). The van der Waals surface area contributed by atoms with E-state index < -0.39 is 0 Å². The summed E-state index contributed by atoms with van der Waals surface area (Å²) in [6.45, 7) is 0. The average Bonchev–Trinajstić information content (AvgIpc) is 2.97. The molecule has 2 atom stereocenters. The molecule has 1 aromatic heterocycles. The van der Waals surface area contributed by atoms with Gasteiger partial charge < -0.3 is 5.73 Å². The topological polar surface area (TPSA) is 43.8 Å². The van der Waals surface area contributed by atoms with Gasteiger partial charge in [0.1, 0.15) is 0 Å². The van der Waals surface area contributed by atoms with Crippen LogP contribution in [0.4, 0.5) is 0 Å². The molecule has 2 fully saturated rings. The Morgan fingerprint density at radius 2 is 2.15 bits per heavy atom. The normalized spacial score (nSPS) is 26.6. The van der Waals surface area contributed by atoms with Crippen LogP contribution in [-0.2, 0) is 6.42 Å². The van der Waals surface area contributed by atoms with Crippen molar-refractivity contribution in [2.24, 2.45) is 5.73 Å². The summed E-state index contributed by atoms with van der Waals surface area (Å²) in [5.41, 5.74) is 7.56. The lowest BCUT2D eigenvalue weighted by atomic mass is 9.96. The van der Waals surface area contributed by atoms with Gasteiger partial charge in [0.2, 0.25) is 0 Å². The smallest absolute Gasteiger partial charge is 0.0640 e. The SMILES string of the molecule is NC(Cc1ccn(C2CCCCC2)n1)C1CSCCS1. The number of nitrogens with zero attached hydrogens (tertiary/aromatic N) is 2. The highest BCUT2D eigenvalue weighted by atomic mass is 32.2. The van der Waals surface area contributed by atoms with Crippen molar-refractivity contribution in [2.75, 3.05) is 17.3 Å². The predicted molar refractivity (Wildman–Crippen MR) is 89.6 cm³/mol. The van der Waals surface area contributed by atoms with Gasteiger partial charge in [0.05, 0.1) is 11.7 Å². The molecule has 2 heterocycles. The van der Waals surface area contributed by atoms with Gasteiger partial charge in [0.25, 0.3) is 0 Å². The minimum atomic E-state index is 0.252. The van der Waals surface area contributed by atoms with Crippen molar-refractivity contribution in [2.45, 2.75) is 55.9 Å². The van der Waals surface area contributed by atoms with Gasteiger partial charge in [-0.3, -0.25) is 4.68 Å². The van der Waals surface area contributed by atoms with Crippen molar-refractivity contribution in [3.8, 4) is 0 Å². The second kappa shape index (κ2) is 7.23. The monoisotopic (exact) mass is 311 g/mol. The molecule has 1 aliphatic heterocycles. The number of nitrogens with two attached hydrogens (primary N) is 1. The van der Waals surface area contributed by atoms with Crippen LogP contribution in [0, 0.1) is 0 Å². The second-order valence-electron chi connectivity index (χ2n) is 5.93. The zero-order valence-electron chi connectivity index (χ0n) is 12.0. The lowest BCUT2D eigenvalue weighted by Gasteiger charge is -2.26. The summed E-state index contributed by atoms with van der Waals surface area (Å²) in [4.78, 5) is 0. The van der Waals surface area contributed by atoms with Crippen LogP contribution in [0.25, 0.3) is 0 Å². The van der Waals surface area contributed by atoms with E-state index in [9.17, 15) is 0 Å². The molecule has 3 nitrogen and oxygen atoms in total. The molecule has 1 aromatic rings. The molecule has 2 N–H and O–H groups in total. The van der Waals surface area contributed by atoms with Gasteiger partial charge in [-0.15, -0.1) is 0 Å². The van der Waals surface area contributed by atoms with Gasteiger partial charge in [-0.05, 0) is 18.9 Å². The van der Waals surface area contributed by atoms with Crippen LogP contribution in [0.5, 0.6) is 0 Å². The maximum absolute atomic E-state index is 6.38. The van der Waals surface area contributed by atoms with E-state index in [-0.39, 0.29) is 6.04 Å². The van der Waals surface area contributed by atoms with E-state index in [0.29, 0.717) is 11.3 Å². The number of rotatable bonds is 4. The summed E-state index contributed by atoms with van der Waals surface area (Å²) >= 11 is 4.09. The lowest BCUT2D eigenvalue weighted by Crippen LogP contribution is -2.38. The minimum absolute atomic E-state index is 0.252. The third-order valence-corrected chi connectivity index (χ3v) is 7.32. The second-order valence-corrected chi connectivity index (χ2v) is 8.43. The molecule has 0 bridgehead atoms. The highest BCUT2D eigenvalue weighted by Gasteiger charge is 2.23. The Morgan fingerprint density at radius 3 is 2.90 bits per heavy atom. The number of thioether (sulfide) groups is 2. The van der Waals surface area contributed by atoms with Crippen molar-refractivity contribution in [1.29, 1.82) is 0 Å². The fourth-order valence-corrected chi connectivity index (χ4v) is 5.98. The fraction of sp³-hybridized carbons (Fsp3) is 0.800. The van der Waals surface area contributed by atoms with Gasteiger partial charge in [0.15, 0.2) is 0 Å². The van der Waals surface area contributed by atoms with Crippen LogP contribution in [-0.4, -0.2) is 38.3 Å². The summed E-state index contributed by atoms with van der Waals surface area (Å²) in [6.07, 6.45) is 9.79. The number of hydrogen-bond acceptors (Lipinski definition) is 4. The molecule has 0 amide bonds. The van der Waals surface area contributed by atoms with E-state index in [0.717, 1.165) is 6.42 Å². The highest BCUT2D eigenvalue weighted by Crippen LogP contribution is 2.29. The van der Waals surface area contributed by atoms with Crippen molar-refractivity contribution < 1.29 is 0 Å². The van der Waals surface area contributed by atoms with E-state index in [1.807, 2.05) is 23.5 Å². The van der Waals surface area contributed by atoms with Crippen LogP contribution in [0.2, 0.25) is 0 Å². The largest absolute Gasteiger partial charge is 0.326 e. The first kappa shape index (κ1) is 14.8. The van der Waals surface area contributed by atoms with Crippen LogP contribution in [0.3, 0.4) is 0 Å². The quantitative estimate of drug-likeness (QED) is 0.928. The summed E-state index contributed by atoms with van der Waals surface area (Å²) in [7, 11) is 0. The zero-order chi connectivity index (χ0) is 13.8. The molecule has 0 radical (unpaired) electrons. The molecular formula is C15H25N3S2. The summed E-state index contributed by atoms with van der Waals surface area (Å²) in [5.74, 6) is 3.74. The van der Waals surface area contributed by atoms with E-state index in [2.05, 4.69) is 16.9 Å². The summed E-state index contributed by atoms with van der Waals surface area (Å²) in [5, 5.41) is 5.39. The molecule has 112 valence electrons. The molecule has 5 heteroatoms. The highest BCUT2D eigenvalue weighted by molar-refractivity contribution is 8.06. The molecule has 2 aliphatic rings. The van der Waals surface area contributed by atoms with Gasteiger partial charge >= 0.3 is 0 Å². The summed E-state index contributed by atoms with van der Waals surface area (Å²) in [6, 6.07) is 3.06. The van der Waals surface area contributed by atoms with E-state index in [1.165, 1.54) is 55.1 Å². The molecule has 2 unspecified atom stereocenters. The molecule has 0 spiro atoms. The van der Waals surface area contributed by atoms with Crippen LogP contribution in [0.1, 0.15) is 43.8 Å². The van der Waals surface area contributed by atoms with Gasteiger partial charge in [-0.25, -0.2) is 0 Å². The van der Waals surface area contributed by atoms with E-state index in [1.54, 1.807) is 0 Å². The maximum Gasteiger partial charge on any atom is 0.0640 e. The Labute approximate surface area is 130 Å². The van der Waals surface area contributed by atoms with Crippen molar-refractivity contribution in [3.05, 3.63) is 18.0 Å². The van der Waals surface area contributed by atoms with Crippen LogP contribution >= 0.6 is 23.5 Å². The molecular weight excluding hydrogens is 286 g/mol. The van der Waals surface area contributed by atoms with Gasteiger partial charge in [0, 0.05) is 41.2 Å². The van der Waals surface area contributed by atoms with Gasteiger partial charge in [-0.1, -0.05) is 19.3 Å². The molecule has 20 heavy (non-hydrogen) atoms. The third kappa shape index (κ3) is 3.74. The average molecular weight is 312 g/mol. The molecule has 1 aliphatic carbocycles. The van der Waals surface area contributed by atoms with Crippen LogP contribution < -0.4 is 5.73 Å². The lowest BCUT2D eigenvalue weighted by molar-refractivity contribution is 0.328.